The summed E-state index contributed by atoms with van der Waals surface area (Å²) in [5, 5.41) is 13.4. The van der Waals surface area contributed by atoms with Gasteiger partial charge in [-0.05, 0) is 44.2 Å². The van der Waals surface area contributed by atoms with Gasteiger partial charge in [0.25, 0.3) is 0 Å². The molecule has 1 aromatic carbocycles. The van der Waals surface area contributed by atoms with E-state index >= 15 is 0 Å². The second kappa shape index (κ2) is 7.38. The SMILES string of the molecule is Cc1nc(S(C)(=O)=O)nc(NC2CCC(CO)C2)c1-c1nc2ccccc2s1. The average molecular weight is 419 g/mol. The Kier molecular flexibility index (Phi) is 5.07. The molecule has 7 nitrogen and oxygen atoms in total. The number of hydrogen-bond donors (Lipinski definition) is 2. The van der Waals surface area contributed by atoms with Crippen molar-refractivity contribution in [2.24, 2.45) is 5.92 Å². The number of fused-ring (bicyclic) bond motifs is 1. The molecular formula is C19H22N4O3S2. The molecule has 4 rings (SSSR count). The first-order chi connectivity index (χ1) is 13.3. The van der Waals surface area contributed by atoms with Crippen LogP contribution >= 0.6 is 11.3 Å². The number of anilines is 1. The molecule has 2 N–H and O–H groups in total. The Hall–Kier alpha value is -2.10. The van der Waals surface area contributed by atoms with Crippen LogP contribution in [0.1, 0.15) is 25.0 Å². The normalized spacial score (nSPS) is 20.0. The number of hydrogen-bond acceptors (Lipinski definition) is 8. The summed E-state index contributed by atoms with van der Waals surface area (Å²) in [5.74, 6) is 0.760. The Morgan fingerprint density at radius 3 is 2.68 bits per heavy atom. The number of sulfone groups is 1. The van der Waals surface area contributed by atoms with Crippen LogP contribution in [0.25, 0.3) is 20.8 Å². The number of aryl methyl sites for hydroxylation is 1. The molecule has 3 aromatic rings. The van der Waals surface area contributed by atoms with E-state index in [0.29, 0.717) is 11.5 Å². The number of aliphatic hydroxyl groups is 1. The van der Waals surface area contributed by atoms with Gasteiger partial charge in [-0.3, -0.25) is 0 Å². The van der Waals surface area contributed by atoms with E-state index in [2.05, 4.69) is 15.3 Å². The summed E-state index contributed by atoms with van der Waals surface area (Å²) in [5.41, 5.74) is 2.20. The Bertz CT molecular complexity index is 1090. The molecule has 148 valence electrons. The van der Waals surface area contributed by atoms with E-state index in [1.54, 1.807) is 6.92 Å². The molecule has 2 aromatic heterocycles. The quantitative estimate of drug-likeness (QED) is 0.614. The first kappa shape index (κ1) is 19.2. The highest BCUT2D eigenvalue weighted by Gasteiger charge is 2.27. The van der Waals surface area contributed by atoms with Crippen molar-refractivity contribution in [3.05, 3.63) is 30.0 Å². The molecule has 0 radical (unpaired) electrons. The van der Waals surface area contributed by atoms with Crippen LogP contribution in [0.3, 0.4) is 0 Å². The van der Waals surface area contributed by atoms with Gasteiger partial charge in [0.15, 0.2) is 0 Å². The van der Waals surface area contributed by atoms with Crippen molar-refractivity contribution in [2.45, 2.75) is 37.4 Å². The van der Waals surface area contributed by atoms with Crippen LogP contribution in [0.4, 0.5) is 5.82 Å². The summed E-state index contributed by atoms with van der Waals surface area (Å²) in [4.78, 5) is 13.3. The third-order valence-electron chi connectivity index (χ3n) is 5.05. The van der Waals surface area contributed by atoms with Crippen LogP contribution < -0.4 is 5.32 Å². The standard InChI is InChI=1S/C19H22N4O3S2/c1-11-16(18-22-14-5-3-4-6-15(14)27-18)17(23-19(20-11)28(2,25)26)21-13-8-7-12(9-13)10-24/h3-6,12-13,24H,7-10H2,1-2H3,(H,20,21,23). The zero-order valence-electron chi connectivity index (χ0n) is 15.7. The molecule has 2 atom stereocenters. The minimum atomic E-state index is -3.54. The van der Waals surface area contributed by atoms with Crippen molar-refractivity contribution in [3.8, 4) is 10.6 Å². The van der Waals surface area contributed by atoms with Crippen LogP contribution in [0, 0.1) is 12.8 Å². The zero-order valence-corrected chi connectivity index (χ0v) is 17.3. The molecule has 1 saturated carbocycles. The predicted octanol–water partition coefficient (Wildman–Crippen LogP) is 3.04. The number of benzene rings is 1. The van der Waals surface area contributed by atoms with Gasteiger partial charge >= 0.3 is 0 Å². The van der Waals surface area contributed by atoms with Crippen molar-refractivity contribution in [1.29, 1.82) is 0 Å². The van der Waals surface area contributed by atoms with Gasteiger partial charge in [0.05, 0.1) is 21.5 Å². The van der Waals surface area contributed by atoms with E-state index in [1.165, 1.54) is 11.3 Å². The molecule has 0 spiro atoms. The number of rotatable bonds is 5. The molecule has 1 fully saturated rings. The van der Waals surface area contributed by atoms with E-state index < -0.39 is 9.84 Å². The minimum absolute atomic E-state index is 0.131. The van der Waals surface area contributed by atoms with Gasteiger partial charge in [-0.25, -0.2) is 23.4 Å². The van der Waals surface area contributed by atoms with Crippen molar-refractivity contribution < 1.29 is 13.5 Å². The molecule has 0 amide bonds. The van der Waals surface area contributed by atoms with Gasteiger partial charge in [0.2, 0.25) is 15.0 Å². The first-order valence-corrected chi connectivity index (χ1v) is 11.9. The number of nitrogens with zero attached hydrogens (tertiary/aromatic N) is 3. The van der Waals surface area contributed by atoms with Gasteiger partial charge in [0, 0.05) is 18.9 Å². The van der Waals surface area contributed by atoms with E-state index in [1.807, 2.05) is 24.3 Å². The number of aromatic nitrogens is 3. The summed E-state index contributed by atoms with van der Waals surface area (Å²) in [6.07, 6.45) is 3.78. The average Bonchev–Trinajstić information content (AvgIpc) is 3.26. The lowest BCUT2D eigenvalue weighted by molar-refractivity contribution is 0.229. The molecule has 0 aliphatic heterocycles. The molecule has 28 heavy (non-hydrogen) atoms. The Labute approximate surface area is 167 Å². The number of para-hydroxylation sites is 1. The van der Waals surface area contributed by atoms with Crippen LogP contribution in [0.2, 0.25) is 0 Å². The maximum absolute atomic E-state index is 12.1. The van der Waals surface area contributed by atoms with E-state index in [-0.39, 0.29) is 23.7 Å². The summed E-state index contributed by atoms with van der Waals surface area (Å²) in [6.45, 7) is 1.95. The van der Waals surface area contributed by atoms with Gasteiger partial charge in [-0.15, -0.1) is 11.3 Å². The van der Waals surface area contributed by atoms with Crippen LogP contribution in [-0.4, -0.2) is 47.4 Å². The molecule has 2 heterocycles. The zero-order chi connectivity index (χ0) is 19.9. The van der Waals surface area contributed by atoms with Gasteiger partial charge in [-0.2, -0.15) is 0 Å². The van der Waals surface area contributed by atoms with Crippen molar-refractivity contribution in [2.75, 3.05) is 18.2 Å². The largest absolute Gasteiger partial charge is 0.396 e. The van der Waals surface area contributed by atoms with Gasteiger partial charge in [-0.1, -0.05) is 12.1 Å². The van der Waals surface area contributed by atoms with Crippen molar-refractivity contribution in [1.82, 2.24) is 15.0 Å². The van der Waals surface area contributed by atoms with Crippen molar-refractivity contribution in [3.63, 3.8) is 0 Å². The van der Waals surface area contributed by atoms with Crippen molar-refractivity contribution >= 4 is 37.2 Å². The summed E-state index contributed by atoms with van der Waals surface area (Å²) in [7, 11) is -3.54. The van der Waals surface area contributed by atoms with Gasteiger partial charge < -0.3 is 10.4 Å². The highest BCUT2D eigenvalue weighted by atomic mass is 32.2. The number of aliphatic hydroxyl groups excluding tert-OH is 1. The Morgan fingerprint density at radius 2 is 2.00 bits per heavy atom. The molecule has 2 unspecified atom stereocenters. The van der Waals surface area contributed by atoms with Crippen LogP contribution in [-0.2, 0) is 9.84 Å². The predicted molar refractivity (Wildman–Crippen MR) is 110 cm³/mol. The third-order valence-corrected chi connectivity index (χ3v) is 6.95. The topological polar surface area (TPSA) is 105 Å². The first-order valence-electron chi connectivity index (χ1n) is 9.17. The maximum atomic E-state index is 12.1. The van der Waals surface area contributed by atoms with E-state index in [9.17, 15) is 13.5 Å². The molecular weight excluding hydrogens is 396 g/mol. The van der Waals surface area contributed by atoms with Gasteiger partial charge in [0.1, 0.15) is 10.8 Å². The fourth-order valence-electron chi connectivity index (χ4n) is 3.62. The summed E-state index contributed by atoms with van der Waals surface area (Å²) in [6, 6.07) is 7.99. The fourth-order valence-corrected chi connectivity index (χ4v) is 5.24. The lowest BCUT2D eigenvalue weighted by atomic mass is 10.1. The fraction of sp³-hybridized carbons (Fsp3) is 0.421. The second-order valence-electron chi connectivity index (χ2n) is 7.28. The van der Waals surface area contributed by atoms with E-state index in [0.717, 1.165) is 46.3 Å². The summed E-state index contributed by atoms with van der Waals surface area (Å²) >= 11 is 1.53. The Balaban J connectivity index is 1.82. The minimum Gasteiger partial charge on any atom is -0.396 e. The van der Waals surface area contributed by atoms with Crippen LogP contribution in [0.15, 0.2) is 29.4 Å². The highest BCUT2D eigenvalue weighted by Crippen LogP contribution is 2.37. The van der Waals surface area contributed by atoms with Crippen LogP contribution in [0.5, 0.6) is 0 Å². The van der Waals surface area contributed by atoms with E-state index in [4.69, 9.17) is 4.98 Å². The molecule has 0 saturated heterocycles. The third kappa shape index (κ3) is 3.74. The molecule has 1 aliphatic carbocycles. The Morgan fingerprint density at radius 1 is 1.21 bits per heavy atom. The molecule has 0 bridgehead atoms. The lowest BCUT2D eigenvalue weighted by Crippen LogP contribution is -2.20. The molecule has 1 aliphatic rings. The lowest BCUT2D eigenvalue weighted by Gasteiger charge is -2.17. The number of nitrogens with one attached hydrogen (secondary N) is 1. The maximum Gasteiger partial charge on any atom is 0.249 e. The number of thiazole rings is 1. The summed E-state index contributed by atoms with van der Waals surface area (Å²) < 4.78 is 25.2. The highest BCUT2D eigenvalue weighted by molar-refractivity contribution is 7.90. The second-order valence-corrected chi connectivity index (χ2v) is 10.2. The monoisotopic (exact) mass is 418 g/mol. The molecule has 9 heteroatoms. The smallest absolute Gasteiger partial charge is 0.249 e.